The zero-order chi connectivity index (χ0) is 19.0. The van der Waals surface area contributed by atoms with E-state index in [2.05, 4.69) is 4.98 Å². The molecule has 134 valence electrons. The van der Waals surface area contributed by atoms with Gasteiger partial charge in [0, 0.05) is 18.2 Å². The number of pyridine rings is 1. The second-order valence-electron chi connectivity index (χ2n) is 6.21. The van der Waals surface area contributed by atoms with Crippen molar-refractivity contribution in [3.05, 3.63) is 71.3 Å². The average molecular weight is 358 g/mol. The fraction of sp³-hybridized carbons (Fsp3) is 0.211. The third-order valence-corrected chi connectivity index (χ3v) is 4.13. The first-order chi connectivity index (χ1) is 12.3. The minimum atomic E-state index is -1.14. The highest BCUT2D eigenvalue weighted by Gasteiger charge is 2.46. The maximum absolute atomic E-state index is 14.3. The number of amides is 1. The van der Waals surface area contributed by atoms with Crippen LogP contribution < -0.4 is 4.90 Å². The summed E-state index contributed by atoms with van der Waals surface area (Å²) in [6.07, 6.45) is 1.45. The fourth-order valence-electron chi connectivity index (χ4n) is 2.90. The van der Waals surface area contributed by atoms with Gasteiger partial charge < -0.3 is 5.11 Å². The van der Waals surface area contributed by atoms with Crippen molar-refractivity contribution in [1.82, 2.24) is 4.98 Å². The molecule has 1 amide bonds. The van der Waals surface area contributed by atoms with Crippen molar-refractivity contribution in [2.75, 3.05) is 4.90 Å². The van der Waals surface area contributed by atoms with Gasteiger partial charge in [0.2, 0.25) is 0 Å². The van der Waals surface area contributed by atoms with Crippen LogP contribution in [0.5, 0.6) is 0 Å². The van der Waals surface area contributed by atoms with Crippen LogP contribution in [0.2, 0.25) is 0 Å². The van der Waals surface area contributed by atoms with Crippen LogP contribution in [-0.2, 0) is 9.59 Å². The molecular weight excluding hydrogens is 342 g/mol. The van der Waals surface area contributed by atoms with Crippen molar-refractivity contribution in [2.45, 2.75) is 19.9 Å². The zero-order valence-electron chi connectivity index (χ0n) is 14.1. The number of aliphatic hydroxyl groups excluding tert-OH is 1. The van der Waals surface area contributed by atoms with Crippen LogP contribution in [0.15, 0.2) is 53.9 Å². The maximum Gasteiger partial charge on any atom is 0.294 e. The van der Waals surface area contributed by atoms with E-state index in [-0.39, 0.29) is 17.0 Å². The second kappa shape index (κ2) is 6.67. The molecule has 3 rings (SSSR count). The molecule has 0 radical (unpaired) electrons. The Hall–Kier alpha value is -3.09. The largest absolute Gasteiger partial charge is 0.503 e. The Balaban J connectivity index is 2.23. The van der Waals surface area contributed by atoms with Gasteiger partial charge in [0.25, 0.3) is 5.91 Å². The van der Waals surface area contributed by atoms with Crippen LogP contribution in [0.25, 0.3) is 0 Å². The lowest BCUT2D eigenvalue weighted by Crippen LogP contribution is -2.32. The third-order valence-electron chi connectivity index (χ3n) is 4.13. The number of hydrogen-bond acceptors (Lipinski definition) is 4. The number of hydrogen-bond donors (Lipinski definition) is 1. The van der Waals surface area contributed by atoms with Crippen LogP contribution in [-0.4, -0.2) is 21.8 Å². The van der Waals surface area contributed by atoms with Gasteiger partial charge in [-0.15, -0.1) is 0 Å². The number of Topliss-reactive ketones (excluding diaryl/α,β-unsaturated/α-hetero) is 1. The molecule has 1 N–H and O–H groups in total. The standard InChI is InChI=1S/C19H16F2N2O3/c1-10(2)17(24)15-16(13-5-3-4-8-22-13)23(19(26)18(15)25)14-9-11(20)6-7-12(14)21/h3-10,16,25H,1-2H3. The summed E-state index contributed by atoms with van der Waals surface area (Å²) < 4.78 is 28.0. The summed E-state index contributed by atoms with van der Waals surface area (Å²) in [6, 6.07) is 6.33. The first kappa shape index (κ1) is 17.7. The molecule has 0 spiro atoms. The number of halogens is 2. The summed E-state index contributed by atoms with van der Waals surface area (Å²) in [5.74, 6) is -4.34. The first-order valence-corrected chi connectivity index (χ1v) is 7.99. The number of carbonyl (C=O) groups is 2. The van der Waals surface area contributed by atoms with E-state index in [0.29, 0.717) is 0 Å². The highest BCUT2D eigenvalue weighted by molar-refractivity contribution is 6.16. The second-order valence-corrected chi connectivity index (χ2v) is 6.21. The Bertz CT molecular complexity index is 910. The van der Waals surface area contributed by atoms with Gasteiger partial charge in [0.05, 0.1) is 17.0 Å². The van der Waals surface area contributed by atoms with E-state index in [1.807, 2.05) is 0 Å². The van der Waals surface area contributed by atoms with Crippen LogP contribution in [0.4, 0.5) is 14.5 Å². The van der Waals surface area contributed by atoms with E-state index in [1.165, 1.54) is 6.20 Å². The van der Waals surface area contributed by atoms with Gasteiger partial charge >= 0.3 is 0 Å². The maximum atomic E-state index is 14.3. The van der Waals surface area contributed by atoms with Crippen molar-refractivity contribution in [2.24, 2.45) is 5.92 Å². The molecule has 0 aliphatic carbocycles. The molecule has 5 nitrogen and oxygen atoms in total. The SMILES string of the molecule is CC(C)C(=O)C1=C(O)C(=O)N(c2cc(F)ccc2F)C1c1ccccn1. The molecule has 0 saturated carbocycles. The lowest BCUT2D eigenvalue weighted by molar-refractivity contribution is -0.119. The summed E-state index contributed by atoms with van der Waals surface area (Å²) in [5, 5.41) is 10.3. The molecular formula is C19H16F2N2O3. The molecule has 0 saturated heterocycles. The minimum absolute atomic E-state index is 0.174. The van der Waals surface area contributed by atoms with Gasteiger partial charge in [0.1, 0.15) is 17.7 Å². The summed E-state index contributed by atoms with van der Waals surface area (Å²) in [4.78, 5) is 30.3. The minimum Gasteiger partial charge on any atom is -0.503 e. The fourth-order valence-corrected chi connectivity index (χ4v) is 2.90. The Morgan fingerprint density at radius 2 is 1.96 bits per heavy atom. The lowest BCUT2D eigenvalue weighted by atomic mass is 9.93. The van der Waals surface area contributed by atoms with Crippen LogP contribution in [0.1, 0.15) is 25.6 Å². The van der Waals surface area contributed by atoms with Gasteiger partial charge in [-0.1, -0.05) is 19.9 Å². The number of benzene rings is 1. The van der Waals surface area contributed by atoms with E-state index in [4.69, 9.17) is 0 Å². The molecule has 7 heteroatoms. The molecule has 2 heterocycles. The molecule has 1 atom stereocenters. The predicted octanol–water partition coefficient (Wildman–Crippen LogP) is 3.48. The van der Waals surface area contributed by atoms with Crippen molar-refractivity contribution < 1.29 is 23.5 Å². The van der Waals surface area contributed by atoms with Gasteiger partial charge in [-0.05, 0) is 24.3 Å². The smallest absolute Gasteiger partial charge is 0.294 e. The number of anilines is 1. The summed E-state index contributed by atoms with van der Waals surface area (Å²) >= 11 is 0. The summed E-state index contributed by atoms with van der Waals surface area (Å²) in [7, 11) is 0. The molecule has 1 unspecified atom stereocenters. The summed E-state index contributed by atoms with van der Waals surface area (Å²) in [6.45, 7) is 3.24. The van der Waals surface area contributed by atoms with E-state index in [1.54, 1.807) is 32.0 Å². The monoisotopic (exact) mass is 358 g/mol. The number of aromatic nitrogens is 1. The van der Waals surface area contributed by atoms with Gasteiger partial charge in [0.15, 0.2) is 11.5 Å². The number of rotatable bonds is 4. The van der Waals surface area contributed by atoms with Crippen molar-refractivity contribution in [3.63, 3.8) is 0 Å². The molecule has 26 heavy (non-hydrogen) atoms. The molecule has 2 aromatic rings. The zero-order valence-corrected chi connectivity index (χ0v) is 14.1. The highest BCUT2D eigenvalue weighted by Crippen LogP contribution is 2.42. The van der Waals surface area contributed by atoms with E-state index in [9.17, 15) is 23.5 Å². The van der Waals surface area contributed by atoms with Crippen molar-refractivity contribution >= 4 is 17.4 Å². The molecule has 1 aliphatic heterocycles. The Morgan fingerprint density at radius 1 is 1.23 bits per heavy atom. The summed E-state index contributed by atoms with van der Waals surface area (Å²) in [5.41, 5.74) is -0.284. The van der Waals surface area contributed by atoms with E-state index < -0.39 is 41.0 Å². The average Bonchev–Trinajstić information content (AvgIpc) is 2.88. The topological polar surface area (TPSA) is 70.5 Å². The van der Waals surface area contributed by atoms with Gasteiger partial charge in [-0.3, -0.25) is 19.5 Å². The molecule has 1 aliphatic rings. The first-order valence-electron chi connectivity index (χ1n) is 7.99. The van der Waals surface area contributed by atoms with Crippen molar-refractivity contribution in [3.8, 4) is 0 Å². The lowest BCUT2D eigenvalue weighted by Gasteiger charge is -2.26. The van der Waals surface area contributed by atoms with E-state index in [0.717, 1.165) is 23.1 Å². The van der Waals surface area contributed by atoms with Crippen molar-refractivity contribution in [1.29, 1.82) is 0 Å². The Kier molecular flexibility index (Phi) is 4.54. The predicted molar refractivity (Wildman–Crippen MR) is 90.3 cm³/mol. The Morgan fingerprint density at radius 3 is 2.58 bits per heavy atom. The quantitative estimate of drug-likeness (QED) is 0.908. The van der Waals surface area contributed by atoms with E-state index >= 15 is 0 Å². The number of nitrogens with zero attached hydrogens (tertiary/aromatic N) is 2. The number of aliphatic hydroxyl groups is 1. The third kappa shape index (κ3) is 2.85. The van der Waals surface area contributed by atoms with Crippen LogP contribution >= 0.6 is 0 Å². The van der Waals surface area contributed by atoms with Gasteiger partial charge in [-0.25, -0.2) is 8.78 Å². The molecule has 1 aromatic carbocycles. The molecule has 1 aromatic heterocycles. The normalized spacial score (nSPS) is 17.3. The highest BCUT2D eigenvalue weighted by atomic mass is 19.1. The Labute approximate surface area is 148 Å². The molecule has 0 fully saturated rings. The van der Waals surface area contributed by atoms with Crippen LogP contribution in [0.3, 0.4) is 0 Å². The van der Waals surface area contributed by atoms with Crippen LogP contribution in [0, 0.1) is 17.6 Å². The number of ketones is 1. The number of carbonyl (C=O) groups excluding carboxylic acids is 2. The molecule has 0 bridgehead atoms. The van der Waals surface area contributed by atoms with Gasteiger partial charge in [-0.2, -0.15) is 0 Å².